The van der Waals surface area contributed by atoms with Crippen LogP contribution in [0.5, 0.6) is 5.75 Å². The minimum atomic E-state index is -0.247. The van der Waals surface area contributed by atoms with Gasteiger partial charge in [-0.25, -0.2) is 4.39 Å². The zero-order valence-electron chi connectivity index (χ0n) is 19.0. The quantitative estimate of drug-likeness (QED) is 0.255. The lowest BCUT2D eigenvalue weighted by molar-refractivity contribution is -0.140. The van der Waals surface area contributed by atoms with Crippen molar-refractivity contribution in [1.29, 1.82) is 0 Å². The van der Waals surface area contributed by atoms with E-state index in [1.807, 2.05) is 6.07 Å². The van der Waals surface area contributed by atoms with Crippen LogP contribution in [0.1, 0.15) is 84.0 Å². The van der Waals surface area contributed by atoms with Crippen molar-refractivity contribution >= 4 is 16.7 Å². The Bertz CT molecular complexity index is 860. The highest BCUT2D eigenvalue weighted by Gasteiger charge is 2.33. The van der Waals surface area contributed by atoms with Crippen LogP contribution in [0.25, 0.3) is 10.8 Å². The monoisotopic (exact) mass is 424 g/mol. The van der Waals surface area contributed by atoms with E-state index in [-0.39, 0.29) is 17.7 Å². The highest BCUT2D eigenvalue weighted by Crippen LogP contribution is 2.42. The summed E-state index contributed by atoms with van der Waals surface area (Å²) >= 11 is 0. The molecule has 31 heavy (non-hydrogen) atoms. The molecule has 4 rings (SSSR count). The Morgan fingerprint density at radius 2 is 1.65 bits per heavy atom. The summed E-state index contributed by atoms with van der Waals surface area (Å²) in [4.78, 5) is 12.7. The molecule has 0 spiro atoms. The van der Waals surface area contributed by atoms with Crippen molar-refractivity contribution < 1.29 is 13.9 Å². The molecular formula is C28H37FO2. The molecule has 168 valence electrons. The maximum absolute atomic E-state index is 13.8. The van der Waals surface area contributed by atoms with E-state index < -0.39 is 0 Å². The molecule has 0 saturated heterocycles. The highest BCUT2D eigenvalue weighted by atomic mass is 19.1. The Hall–Kier alpha value is -1.90. The molecule has 2 saturated carbocycles. The van der Waals surface area contributed by atoms with E-state index in [0.717, 1.165) is 48.8 Å². The number of esters is 1. The Kier molecular flexibility index (Phi) is 7.63. The van der Waals surface area contributed by atoms with Crippen LogP contribution >= 0.6 is 0 Å². The van der Waals surface area contributed by atoms with E-state index in [2.05, 4.69) is 6.92 Å². The number of halogens is 1. The summed E-state index contributed by atoms with van der Waals surface area (Å²) in [5, 5.41) is 1.32. The van der Waals surface area contributed by atoms with E-state index in [9.17, 15) is 9.18 Å². The van der Waals surface area contributed by atoms with Crippen LogP contribution in [-0.2, 0) is 4.79 Å². The van der Waals surface area contributed by atoms with Crippen molar-refractivity contribution in [2.24, 2.45) is 23.7 Å². The Balaban J connectivity index is 1.23. The number of fused-ring (bicyclic) bond motifs is 1. The first kappa shape index (κ1) is 22.3. The van der Waals surface area contributed by atoms with Gasteiger partial charge in [-0.15, -0.1) is 0 Å². The van der Waals surface area contributed by atoms with Gasteiger partial charge in [0.1, 0.15) is 11.6 Å². The first-order valence-electron chi connectivity index (χ1n) is 12.5. The Labute approximate surface area is 186 Å². The molecule has 2 aromatic carbocycles. The number of hydrogen-bond donors (Lipinski definition) is 0. The van der Waals surface area contributed by atoms with Crippen molar-refractivity contribution in [2.75, 3.05) is 0 Å². The fourth-order valence-corrected chi connectivity index (χ4v) is 5.94. The third-order valence-corrected chi connectivity index (χ3v) is 7.90. The lowest BCUT2D eigenvalue weighted by atomic mass is 9.68. The van der Waals surface area contributed by atoms with Crippen LogP contribution in [0.3, 0.4) is 0 Å². The van der Waals surface area contributed by atoms with Crippen molar-refractivity contribution in [2.45, 2.75) is 84.0 Å². The van der Waals surface area contributed by atoms with Crippen LogP contribution in [-0.4, -0.2) is 5.97 Å². The van der Waals surface area contributed by atoms with Crippen LogP contribution in [0.15, 0.2) is 36.4 Å². The van der Waals surface area contributed by atoms with Gasteiger partial charge in [0.2, 0.25) is 0 Å². The summed E-state index contributed by atoms with van der Waals surface area (Å²) in [7, 11) is 0. The molecule has 2 aliphatic rings. The maximum Gasteiger partial charge on any atom is 0.314 e. The van der Waals surface area contributed by atoms with Crippen molar-refractivity contribution in [3.8, 4) is 5.75 Å². The van der Waals surface area contributed by atoms with Crippen LogP contribution in [0.4, 0.5) is 4.39 Å². The van der Waals surface area contributed by atoms with Gasteiger partial charge >= 0.3 is 5.97 Å². The summed E-state index contributed by atoms with van der Waals surface area (Å²) in [6.45, 7) is 2.28. The summed E-state index contributed by atoms with van der Waals surface area (Å²) in [5.41, 5.74) is 0. The van der Waals surface area contributed by atoms with Gasteiger partial charge in [0.05, 0.1) is 5.92 Å². The van der Waals surface area contributed by atoms with Gasteiger partial charge in [-0.3, -0.25) is 4.79 Å². The lowest BCUT2D eigenvalue weighted by Crippen LogP contribution is -2.30. The van der Waals surface area contributed by atoms with E-state index in [4.69, 9.17) is 4.74 Å². The third kappa shape index (κ3) is 5.67. The molecule has 0 unspecified atom stereocenters. The van der Waals surface area contributed by atoms with Crippen LogP contribution in [0.2, 0.25) is 0 Å². The molecule has 0 N–H and O–H groups in total. The number of carbonyl (C=O) groups is 1. The number of unbranched alkanes of at least 4 members (excludes halogenated alkanes) is 2. The first-order chi connectivity index (χ1) is 15.1. The predicted molar refractivity (Wildman–Crippen MR) is 125 cm³/mol. The molecular weight excluding hydrogens is 387 g/mol. The van der Waals surface area contributed by atoms with Crippen molar-refractivity contribution in [3.05, 3.63) is 42.2 Å². The summed E-state index contributed by atoms with van der Waals surface area (Å²) in [5.74, 6) is 2.79. The molecule has 2 nitrogen and oxygen atoms in total. The average molecular weight is 425 g/mol. The van der Waals surface area contributed by atoms with Crippen molar-refractivity contribution in [3.63, 3.8) is 0 Å². The molecule has 2 aromatic rings. The highest BCUT2D eigenvalue weighted by molar-refractivity contribution is 5.85. The van der Waals surface area contributed by atoms with E-state index >= 15 is 0 Å². The Morgan fingerprint density at radius 3 is 2.35 bits per heavy atom. The fraction of sp³-hybridized carbons (Fsp3) is 0.607. The minimum Gasteiger partial charge on any atom is -0.426 e. The molecule has 2 fully saturated rings. The standard InChI is InChI=1S/C28H37FO2/c1-2-3-4-6-20-9-11-21(12-10-20)22-13-15-23(16-14-22)28(30)31-25-17-18-26-24(19-25)7-5-8-27(26)29/h5,7-8,17-23H,2-4,6,9-16H2,1H3. The first-order valence-corrected chi connectivity index (χ1v) is 12.5. The van der Waals surface area contributed by atoms with Gasteiger partial charge in [-0.05, 0) is 85.9 Å². The number of ether oxygens (including phenoxy) is 1. The molecule has 3 heteroatoms. The molecule has 0 bridgehead atoms. The van der Waals surface area contributed by atoms with E-state index in [1.165, 1.54) is 57.4 Å². The van der Waals surface area contributed by atoms with E-state index in [0.29, 0.717) is 11.1 Å². The Morgan fingerprint density at radius 1 is 0.935 bits per heavy atom. The van der Waals surface area contributed by atoms with Gasteiger partial charge in [-0.1, -0.05) is 57.6 Å². The largest absolute Gasteiger partial charge is 0.426 e. The molecule has 0 atom stereocenters. The van der Waals surface area contributed by atoms with Gasteiger partial charge in [0.25, 0.3) is 0 Å². The summed E-state index contributed by atoms with van der Waals surface area (Å²) in [6, 6.07) is 10.1. The number of rotatable bonds is 7. The second-order valence-electron chi connectivity index (χ2n) is 9.93. The zero-order valence-corrected chi connectivity index (χ0v) is 19.0. The number of benzene rings is 2. The smallest absolute Gasteiger partial charge is 0.314 e. The lowest BCUT2D eigenvalue weighted by Gasteiger charge is -2.37. The van der Waals surface area contributed by atoms with Gasteiger partial charge in [-0.2, -0.15) is 0 Å². The van der Waals surface area contributed by atoms with Crippen LogP contribution in [0, 0.1) is 29.5 Å². The fourth-order valence-electron chi connectivity index (χ4n) is 5.94. The van der Waals surface area contributed by atoms with Gasteiger partial charge in [0, 0.05) is 5.39 Å². The molecule has 2 aliphatic carbocycles. The topological polar surface area (TPSA) is 26.3 Å². The molecule has 0 aliphatic heterocycles. The van der Waals surface area contributed by atoms with Gasteiger partial charge < -0.3 is 4.74 Å². The summed E-state index contributed by atoms with van der Waals surface area (Å²) in [6.07, 6.45) is 15.4. The second-order valence-corrected chi connectivity index (χ2v) is 9.93. The molecule has 0 heterocycles. The van der Waals surface area contributed by atoms with Crippen molar-refractivity contribution in [1.82, 2.24) is 0 Å². The second kappa shape index (κ2) is 10.6. The molecule has 0 aromatic heterocycles. The third-order valence-electron chi connectivity index (χ3n) is 7.90. The minimum absolute atomic E-state index is 0.00448. The molecule has 0 amide bonds. The number of carbonyl (C=O) groups excluding carboxylic acids is 1. The maximum atomic E-state index is 13.8. The zero-order chi connectivity index (χ0) is 21.6. The predicted octanol–water partition coefficient (Wildman–Crippen LogP) is 8.08. The molecule has 0 radical (unpaired) electrons. The SMILES string of the molecule is CCCCCC1CCC(C2CCC(C(=O)Oc3ccc4c(F)cccc4c3)CC2)CC1. The van der Waals surface area contributed by atoms with E-state index in [1.54, 1.807) is 24.3 Å². The average Bonchev–Trinajstić information content (AvgIpc) is 2.80. The van der Waals surface area contributed by atoms with Gasteiger partial charge in [0.15, 0.2) is 0 Å². The number of hydrogen-bond acceptors (Lipinski definition) is 2. The normalized spacial score (nSPS) is 26.6. The summed E-state index contributed by atoms with van der Waals surface area (Å²) < 4.78 is 19.5. The van der Waals surface area contributed by atoms with Crippen LogP contribution < -0.4 is 4.74 Å².